The first-order valence-corrected chi connectivity index (χ1v) is 30.0. The molecule has 4 amide bonds. The van der Waals surface area contributed by atoms with Crippen LogP contribution < -0.4 is 26.0 Å². The minimum atomic E-state index is -1.18. The zero-order valence-electron chi connectivity index (χ0n) is 48.3. The fraction of sp³-hybridized carbons (Fsp3) is 0.678. The van der Waals surface area contributed by atoms with Crippen LogP contribution in [0.1, 0.15) is 116 Å². The average molecular weight is 1180 g/mol. The van der Waals surface area contributed by atoms with Gasteiger partial charge in [-0.25, -0.2) is 0 Å². The molecule has 454 valence electrons. The van der Waals surface area contributed by atoms with Crippen molar-refractivity contribution in [1.29, 1.82) is 0 Å². The fourth-order valence-corrected chi connectivity index (χ4v) is 9.72. The first-order chi connectivity index (χ1) is 39.0. The highest BCUT2D eigenvalue weighted by Crippen LogP contribution is 2.35. The molecule has 0 saturated carbocycles. The quantitative estimate of drug-likeness (QED) is 0.0213. The third-order valence-electron chi connectivity index (χ3n) is 11.4. The van der Waals surface area contributed by atoms with Gasteiger partial charge in [-0.1, -0.05) is 77.8 Å². The Labute approximate surface area is 489 Å². The van der Waals surface area contributed by atoms with Crippen LogP contribution in [0.4, 0.5) is 0 Å². The highest BCUT2D eigenvalue weighted by atomic mass is 33.1. The highest BCUT2D eigenvalue weighted by molar-refractivity contribution is 8.77. The fourth-order valence-electron chi connectivity index (χ4n) is 7.22. The predicted molar refractivity (Wildman–Crippen MR) is 313 cm³/mol. The molecule has 0 aliphatic heterocycles. The number of hydrogen-bond donors (Lipinski definition) is 4. The monoisotopic (exact) mass is 1170 g/mol. The maximum absolute atomic E-state index is 14.0. The van der Waals surface area contributed by atoms with Crippen LogP contribution in [0.5, 0.6) is 5.75 Å². The lowest BCUT2D eigenvalue weighted by atomic mass is 9.82. The van der Waals surface area contributed by atoms with Gasteiger partial charge in [-0.15, -0.1) is 19.3 Å². The summed E-state index contributed by atoms with van der Waals surface area (Å²) in [4.78, 5) is 92.9. The van der Waals surface area contributed by atoms with Crippen molar-refractivity contribution < 1.29 is 76.2 Å². The molecule has 0 aliphatic carbocycles. The van der Waals surface area contributed by atoms with Crippen molar-refractivity contribution in [2.45, 2.75) is 134 Å². The zero-order valence-corrected chi connectivity index (χ0v) is 49.9. The largest absolute Gasteiger partial charge is 0.426 e. The second-order valence-corrected chi connectivity index (χ2v) is 22.7. The molecule has 0 saturated heterocycles. The normalized spacial score (nSPS) is 11.6. The lowest BCUT2D eigenvalue weighted by Gasteiger charge is -2.35. The SMILES string of the molecule is C#CCOCCOCCCC(=O)CCC(CCC(=O)NCCOCCOCC#C)(CCC(=O)NCCOCCOCC#C)NC(=O)CCCC(=O)N[C@@H](CSSC(C)(C)C)C(=O)CCCOCCOCCC(=O)Oc1ccc(C)cc1. The van der Waals surface area contributed by atoms with Crippen LogP contribution in [0, 0.1) is 44.0 Å². The topological polar surface area (TPSA) is 251 Å². The van der Waals surface area contributed by atoms with Crippen LogP contribution in [0.15, 0.2) is 24.3 Å². The maximum atomic E-state index is 14.0. The Morgan fingerprint density at radius 1 is 0.519 bits per heavy atom. The van der Waals surface area contributed by atoms with Gasteiger partial charge in [0.2, 0.25) is 23.6 Å². The van der Waals surface area contributed by atoms with Gasteiger partial charge in [0.15, 0.2) is 5.78 Å². The van der Waals surface area contributed by atoms with Crippen molar-refractivity contribution in [1.82, 2.24) is 21.3 Å². The van der Waals surface area contributed by atoms with E-state index in [4.69, 9.17) is 61.9 Å². The van der Waals surface area contributed by atoms with Crippen molar-refractivity contribution in [3.63, 3.8) is 0 Å². The number of ether oxygens (including phenoxy) is 9. The van der Waals surface area contributed by atoms with Crippen molar-refractivity contribution >= 4 is 62.8 Å². The molecule has 1 aromatic rings. The summed E-state index contributed by atoms with van der Waals surface area (Å²) in [5.74, 6) is 5.80. The standard InChI is InChI=1S/C59H90N4O16S2/c1-8-31-71-39-42-74-34-12-14-49(64)22-26-59(27-23-53(66)60-29-37-77-45-40-72-32-9-2,28-24-54(67)61-30-38-78-46-41-73-33-10-3)63-56(69)17-11-16-55(68)62-51(47-80-81-58(5,6)7)52(65)15-13-35-75-43-44-76-36-25-57(70)79-50-20-18-48(4)19-21-50/h1-3,18-21,51H,11-17,22-47H2,4-7H3,(H,60,66)(H,61,67)(H,62,68)(H,63,69)/t51-/m0/s1. The molecule has 1 rings (SSSR count). The number of Topliss-reactive ketones (excluding diaryl/α,β-unsaturated/α-hetero) is 2. The van der Waals surface area contributed by atoms with Crippen molar-refractivity contribution in [2.75, 3.05) is 125 Å². The Morgan fingerprint density at radius 3 is 1.51 bits per heavy atom. The number of hydrogen-bond acceptors (Lipinski definition) is 18. The number of aryl methyl sites for hydroxylation is 1. The van der Waals surface area contributed by atoms with E-state index >= 15 is 0 Å². The van der Waals surface area contributed by atoms with Gasteiger partial charge in [0.25, 0.3) is 0 Å². The molecule has 0 aromatic heterocycles. The lowest BCUT2D eigenvalue weighted by molar-refractivity contribution is -0.135. The highest BCUT2D eigenvalue weighted by Gasteiger charge is 2.34. The van der Waals surface area contributed by atoms with Crippen LogP contribution in [-0.4, -0.2) is 182 Å². The van der Waals surface area contributed by atoms with E-state index in [1.165, 1.54) is 10.8 Å². The minimum Gasteiger partial charge on any atom is -0.426 e. The number of carbonyl (C=O) groups excluding carboxylic acids is 7. The molecule has 4 N–H and O–H groups in total. The summed E-state index contributed by atoms with van der Waals surface area (Å²) >= 11 is 0. The van der Waals surface area contributed by atoms with E-state index in [1.54, 1.807) is 22.9 Å². The van der Waals surface area contributed by atoms with Crippen LogP contribution in [0.3, 0.4) is 0 Å². The number of nitrogens with one attached hydrogen (secondary N) is 4. The summed E-state index contributed by atoms with van der Waals surface area (Å²) < 4.78 is 48.6. The first-order valence-electron chi connectivity index (χ1n) is 27.7. The summed E-state index contributed by atoms with van der Waals surface area (Å²) in [6.45, 7) is 12.6. The molecule has 0 spiro atoms. The number of carbonyl (C=O) groups is 7. The van der Waals surface area contributed by atoms with Crippen LogP contribution >= 0.6 is 21.6 Å². The number of benzene rings is 1. The maximum Gasteiger partial charge on any atom is 0.313 e. The van der Waals surface area contributed by atoms with Gasteiger partial charge >= 0.3 is 5.97 Å². The number of rotatable bonds is 52. The van der Waals surface area contributed by atoms with E-state index in [0.717, 1.165) is 5.56 Å². The van der Waals surface area contributed by atoms with Crippen LogP contribution in [0.2, 0.25) is 0 Å². The summed E-state index contributed by atoms with van der Waals surface area (Å²) in [5.41, 5.74) is -0.123. The van der Waals surface area contributed by atoms with Crippen molar-refractivity contribution in [2.24, 2.45) is 0 Å². The molecule has 22 heteroatoms. The third kappa shape index (κ3) is 44.3. The van der Waals surface area contributed by atoms with Gasteiger partial charge in [0.1, 0.15) is 31.4 Å². The third-order valence-corrected chi connectivity index (χ3v) is 14.7. The summed E-state index contributed by atoms with van der Waals surface area (Å²) in [6.07, 6.45) is 17.1. The predicted octanol–water partition coefficient (Wildman–Crippen LogP) is 5.28. The van der Waals surface area contributed by atoms with Gasteiger partial charge in [-0.3, -0.25) is 33.6 Å². The number of ketones is 2. The minimum absolute atomic E-state index is 0.0406. The summed E-state index contributed by atoms with van der Waals surface area (Å²) in [5, 5.41) is 11.6. The Balaban J connectivity index is 3.00. The van der Waals surface area contributed by atoms with E-state index in [1.807, 2.05) is 19.1 Å². The first kappa shape index (κ1) is 74.0. The molecule has 20 nitrogen and oxygen atoms in total. The van der Waals surface area contributed by atoms with Crippen molar-refractivity contribution in [3.8, 4) is 42.8 Å². The molecular weight excluding hydrogens is 1080 g/mol. The number of amides is 4. The summed E-state index contributed by atoms with van der Waals surface area (Å²) in [6, 6.07) is 6.40. The smallest absolute Gasteiger partial charge is 0.313 e. The molecule has 0 bridgehead atoms. The Kier molecular flexibility index (Phi) is 44.3. The van der Waals surface area contributed by atoms with E-state index < -0.39 is 29.4 Å². The molecule has 0 heterocycles. The molecule has 0 fully saturated rings. The zero-order chi connectivity index (χ0) is 59.7. The second kappa shape index (κ2) is 48.5. The second-order valence-electron chi connectivity index (χ2n) is 19.6. The van der Waals surface area contributed by atoms with Crippen LogP contribution in [0.25, 0.3) is 0 Å². The molecule has 1 aromatic carbocycles. The lowest BCUT2D eigenvalue weighted by Crippen LogP contribution is -2.50. The van der Waals surface area contributed by atoms with Gasteiger partial charge < -0.3 is 63.9 Å². The van der Waals surface area contributed by atoms with E-state index in [-0.39, 0.29) is 191 Å². The van der Waals surface area contributed by atoms with Gasteiger partial charge in [-0.2, -0.15) is 0 Å². The molecule has 1 atom stereocenters. The Bertz CT molecular complexity index is 1960. The van der Waals surface area contributed by atoms with Crippen LogP contribution in [-0.2, 0) is 71.5 Å². The molecule has 0 unspecified atom stereocenters. The Hall–Kier alpha value is -5.03. The number of terminal acetylenes is 3. The van der Waals surface area contributed by atoms with E-state index in [0.29, 0.717) is 57.4 Å². The van der Waals surface area contributed by atoms with Gasteiger partial charge in [0.05, 0.1) is 85.1 Å². The van der Waals surface area contributed by atoms with Gasteiger partial charge in [0, 0.05) is 87.3 Å². The molecule has 0 aliphatic rings. The molecule has 0 radical (unpaired) electrons. The average Bonchev–Trinajstić information content (AvgIpc) is 3.43. The molecule has 81 heavy (non-hydrogen) atoms. The van der Waals surface area contributed by atoms with Crippen molar-refractivity contribution in [3.05, 3.63) is 29.8 Å². The number of esters is 1. The Morgan fingerprint density at radius 2 is 0.988 bits per heavy atom. The molecular formula is C59H90N4O16S2. The van der Waals surface area contributed by atoms with Gasteiger partial charge in [-0.05, 0) is 57.6 Å². The van der Waals surface area contributed by atoms with E-state index in [9.17, 15) is 33.6 Å². The van der Waals surface area contributed by atoms with E-state index in [2.05, 4.69) is 59.8 Å². The summed E-state index contributed by atoms with van der Waals surface area (Å²) in [7, 11) is 3.08.